The number of rotatable bonds is 4. The zero-order chi connectivity index (χ0) is 19.4. The van der Waals surface area contributed by atoms with Crippen molar-refractivity contribution in [2.45, 2.75) is 64.3 Å². The molecule has 1 saturated heterocycles. The number of nitrogens with two attached hydrogens (primary N) is 2. The summed E-state index contributed by atoms with van der Waals surface area (Å²) < 4.78 is 0. The fourth-order valence-corrected chi connectivity index (χ4v) is 4.03. The van der Waals surface area contributed by atoms with Crippen molar-refractivity contribution >= 4 is 17.6 Å². The van der Waals surface area contributed by atoms with Gasteiger partial charge in [-0.15, -0.1) is 0 Å². The van der Waals surface area contributed by atoms with Crippen molar-refractivity contribution < 1.29 is 9.59 Å². The Bertz CT molecular complexity index is 693. The minimum absolute atomic E-state index is 0.0338. The van der Waals surface area contributed by atoms with Crippen molar-refractivity contribution in [2.75, 3.05) is 19.6 Å². The van der Waals surface area contributed by atoms with Gasteiger partial charge in [-0.2, -0.15) is 0 Å². The lowest BCUT2D eigenvalue weighted by atomic mass is 9.88. The van der Waals surface area contributed by atoms with Gasteiger partial charge < -0.3 is 21.7 Å². The lowest BCUT2D eigenvalue weighted by Crippen LogP contribution is -2.48. The minimum Gasteiger partial charge on any atom is -0.394 e. The zero-order valence-corrected chi connectivity index (χ0v) is 16.2. The van der Waals surface area contributed by atoms with E-state index in [1.54, 1.807) is 10.5 Å². The van der Waals surface area contributed by atoms with Crippen LogP contribution in [0.5, 0.6) is 0 Å². The van der Waals surface area contributed by atoms with E-state index >= 15 is 0 Å². The number of aliphatic imine (C=N–C) groups is 1. The van der Waals surface area contributed by atoms with Crippen LogP contribution in [0, 0.1) is 0 Å². The molecule has 1 heterocycles. The molecule has 0 aromatic carbocycles. The van der Waals surface area contributed by atoms with E-state index in [-0.39, 0.29) is 11.9 Å². The van der Waals surface area contributed by atoms with Gasteiger partial charge in [-0.1, -0.05) is 11.1 Å². The fraction of sp³-hybridized carbons (Fsp3) is 0.650. The standard InChI is InChI=1S/C20H31N5O2/c1-13(14-4-2-5-14)12-23-17-7-3-6-16(17)18(21)19(26)25-10-8-15(9-11-25)24-20(22)27/h15H,2-12,21H2,1H3,(H3,22,24,27)/b18-16-,23-17?. The number of allylic oxidation sites excluding steroid dienone is 2. The predicted octanol–water partition coefficient (Wildman–Crippen LogP) is 1.98. The van der Waals surface area contributed by atoms with Gasteiger partial charge in [0, 0.05) is 30.4 Å². The van der Waals surface area contributed by atoms with Crippen LogP contribution in [0.1, 0.15) is 58.3 Å². The molecular weight excluding hydrogens is 342 g/mol. The molecule has 5 N–H and O–H groups in total. The van der Waals surface area contributed by atoms with E-state index in [9.17, 15) is 9.59 Å². The Morgan fingerprint density at radius 2 is 1.78 bits per heavy atom. The second kappa shape index (κ2) is 8.59. The first kappa shape index (κ1) is 19.5. The molecule has 2 saturated carbocycles. The van der Waals surface area contributed by atoms with E-state index in [2.05, 4.69) is 12.2 Å². The van der Waals surface area contributed by atoms with Crippen LogP contribution in [0.4, 0.5) is 4.79 Å². The number of nitrogens with zero attached hydrogens (tertiary/aromatic N) is 2. The highest BCUT2D eigenvalue weighted by atomic mass is 16.2. The van der Waals surface area contributed by atoms with Crippen LogP contribution in [-0.2, 0) is 4.79 Å². The number of urea groups is 1. The first-order valence-corrected chi connectivity index (χ1v) is 10.0. The largest absolute Gasteiger partial charge is 0.394 e. The van der Waals surface area contributed by atoms with E-state index in [1.165, 1.54) is 24.8 Å². The Hall–Kier alpha value is -2.31. The number of hydrogen-bond acceptors (Lipinski definition) is 4. The zero-order valence-electron chi connectivity index (χ0n) is 16.2. The summed E-state index contributed by atoms with van der Waals surface area (Å²) in [4.78, 5) is 30.4. The van der Waals surface area contributed by atoms with Crippen LogP contribution in [0.3, 0.4) is 0 Å². The van der Waals surface area contributed by atoms with Crippen LogP contribution in [0.15, 0.2) is 27.4 Å². The molecule has 0 aromatic rings. The van der Waals surface area contributed by atoms with Gasteiger partial charge in [0.1, 0.15) is 5.70 Å². The maximum absolute atomic E-state index is 12.8. The topological polar surface area (TPSA) is 114 Å². The highest BCUT2D eigenvalue weighted by molar-refractivity contribution is 6.09. The smallest absolute Gasteiger partial charge is 0.312 e. The molecule has 148 valence electrons. The molecule has 0 aromatic heterocycles. The summed E-state index contributed by atoms with van der Waals surface area (Å²) in [6.07, 6.45) is 7.84. The summed E-state index contributed by atoms with van der Waals surface area (Å²) in [5.74, 6) is -0.105. The molecule has 3 rings (SSSR count). The number of amides is 3. The first-order valence-electron chi connectivity index (χ1n) is 10.0. The van der Waals surface area contributed by atoms with Gasteiger partial charge in [-0.3, -0.25) is 9.79 Å². The van der Waals surface area contributed by atoms with Gasteiger partial charge in [0.2, 0.25) is 0 Å². The first-order chi connectivity index (χ1) is 13.0. The average molecular weight is 374 g/mol. The predicted molar refractivity (Wildman–Crippen MR) is 106 cm³/mol. The molecule has 0 radical (unpaired) electrons. The molecule has 2 aliphatic carbocycles. The lowest BCUT2D eigenvalue weighted by molar-refractivity contribution is -0.128. The monoisotopic (exact) mass is 373 g/mol. The van der Waals surface area contributed by atoms with Gasteiger partial charge in [-0.25, -0.2) is 4.79 Å². The summed E-state index contributed by atoms with van der Waals surface area (Å²) in [6.45, 7) is 4.04. The minimum atomic E-state index is -0.514. The molecule has 7 heteroatoms. The summed E-state index contributed by atoms with van der Waals surface area (Å²) >= 11 is 0. The van der Waals surface area contributed by atoms with Crippen molar-refractivity contribution in [1.82, 2.24) is 10.2 Å². The van der Waals surface area contributed by atoms with Crippen molar-refractivity contribution in [2.24, 2.45) is 16.5 Å². The van der Waals surface area contributed by atoms with E-state index in [4.69, 9.17) is 16.5 Å². The Morgan fingerprint density at radius 1 is 1.11 bits per heavy atom. The van der Waals surface area contributed by atoms with Gasteiger partial charge in [0.05, 0.1) is 6.54 Å². The number of hydrogen-bond donors (Lipinski definition) is 3. The number of primary amides is 1. The number of nitrogens with one attached hydrogen (secondary N) is 1. The van der Waals surface area contributed by atoms with Crippen LogP contribution >= 0.6 is 0 Å². The Kier molecular flexibility index (Phi) is 6.19. The third-order valence-electron chi connectivity index (χ3n) is 5.94. The van der Waals surface area contributed by atoms with Gasteiger partial charge >= 0.3 is 6.03 Å². The second-order valence-electron chi connectivity index (χ2n) is 7.82. The molecule has 3 amide bonds. The van der Waals surface area contributed by atoms with Crippen LogP contribution in [-0.4, -0.2) is 48.2 Å². The molecule has 3 fully saturated rings. The van der Waals surface area contributed by atoms with Crippen molar-refractivity contribution in [3.05, 3.63) is 22.4 Å². The highest BCUT2D eigenvalue weighted by Crippen LogP contribution is 2.29. The van der Waals surface area contributed by atoms with Crippen molar-refractivity contribution in [1.29, 1.82) is 0 Å². The summed E-state index contributed by atoms with van der Waals surface area (Å²) in [6, 6.07) is -0.480. The van der Waals surface area contributed by atoms with E-state index in [1.807, 2.05) is 0 Å². The quantitative estimate of drug-likeness (QED) is 0.517. The van der Waals surface area contributed by atoms with E-state index in [0.717, 1.165) is 37.1 Å². The maximum Gasteiger partial charge on any atom is 0.312 e. The molecule has 7 nitrogen and oxygen atoms in total. The summed E-state index contributed by atoms with van der Waals surface area (Å²) in [7, 11) is 0. The van der Waals surface area contributed by atoms with Crippen molar-refractivity contribution in [3.63, 3.8) is 0 Å². The molecule has 1 aliphatic heterocycles. The van der Waals surface area contributed by atoms with Crippen LogP contribution in [0.2, 0.25) is 0 Å². The maximum atomic E-state index is 12.8. The average Bonchev–Trinajstić information content (AvgIpc) is 3.06. The van der Waals surface area contributed by atoms with Crippen LogP contribution < -0.4 is 16.8 Å². The Labute approximate surface area is 160 Å². The summed E-state index contributed by atoms with van der Waals surface area (Å²) in [5, 5.41) is 2.71. The molecular formula is C20H31N5O2. The number of carbonyl (C=O) groups is 2. The highest BCUT2D eigenvalue weighted by Gasteiger charge is 2.28. The Morgan fingerprint density at radius 3 is 2.37 bits per heavy atom. The van der Waals surface area contributed by atoms with Crippen molar-refractivity contribution in [3.8, 4) is 0 Å². The number of carbonyl (C=O) groups excluding carboxylic acids is 2. The Balaban J connectivity index is 1.63. The van der Waals surface area contributed by atoms with Gasteiger partial charge in [-0.05, 0) is 58.3 Å². The molecule has 27 heavy (non-hydrogen) atoms. The van der Waals surface area contributed by atoms with E-state index in [0.29, 0.717) is 31.6 Å². The fourth-order valence-electron chi connectivity index (χ4n) is 4.03. The molecule has 0 atom stereocenters. The normalized spacial score (nSPS) is 24.0. The molecule has 3 aliphatic rings. The van der Waals surface area contributed by atoms with Gasteiger partial charge in [0.25, 0.3) is 5.91 Å². The van der Waals surface area contributed by atoms with Crippen LogP contribution in [0.25, 0.3) is 0 Å². The second-order valence-corrected chi connectivity index (χ2v) is 7.82. The lowest BCUT2D eigenvalue weighted by Gasteiger charge is -2.32. The third kappa shape index (κ3) is 4.70. The SMILES string of the molecule is CC(CN=C1CCC/C1=C(/N)C(=O)N1CCC(NC(N)=O)CC1)=C1CCC1. The summed E-state index contributed by atoms with van der Waals surface area (Å²) in [5.41, 5.74) is 16.6. The number of likely N-dealkylation sites (tertiary alicyclic amines) is 1. The molecule has 0 spiro atoms. The molecule has 0 bridgehead atoms. The molecule has 0 unspecified atom stereocenters. The van der Waals surface area contributed by atoms with E-state index < -0.39 is 6.03 Å². The van der Waals surface area contributed by atoms with Gasteiger partial charge in [0.15, 0.2) is 0 Å². The number of piperidine rings is 1. The third-order valence-corrected chi connectivity index (χ3v) is 5.94.